The van der Waals surface area contributed by atoms with Gasteiger partial charge in [0.25, 0.3) is 0 Å². The summed E-state index contributed by atoms with van der Waals surface area (Å²) in [6.07, 6.45) is 5.93. The van der Waals surface area contributed by atoms with Crippen LogP contribution in [0.25, 0.3) is 0 Å². The average molecular weight is 510 g/mol. The maximum absolute atomic E-state index is 13.2. The maximum atomic E-state index is 13.2. The number of hydrogen-bond donors (Lipinski definition) is 2. The molecule has 0 saturated heterocycles. The average Bonchev–Trinajstić information content (AvgIpc) is 2.83. The summed E-state index contributed by atoms with van der Waals surface area (Å²) in [5.74, 6) is 0.144. The molecule has 2 aromatic rings. The number of nitrogens with zero attached hydrogens (tertiary/aromatic N) is 1. The molecule has 2 unspecified atom stereocenters. The molecule has 2 atom stereocenters. The van der Waals surface area contributed by atoms with Gasteiger partial charge in [0.1, 0.15) is 5.75 Å². The van der Waals surface area contributed by atoms with E-state index in [1.165, 1.54) is 36.4 Å². The summed E-state index contributed by atoms with van der Waals surface area (Å²) in [6.45, 7) is 12.3. The zero-order valence-corrected chi connectivity index (χ0v) is 22.2. The van der Waals surface area contributed by atoms with Gasteiger partial charge in [0.15, 0.2) is 9.84 Å². The summed E-state index contributed by atoms with van der Waals surface area (Å²) < 4.78 is 31.8. The Hall–Kier alpha value is -3.36. The van der Waals surface area contributed by atoms with Gasteiger partial charge in [-0.15, -0.1) is 0 Å². The SMILES string of the molecule is C=C/C=C(\C=C)C(C)NC(=O)Nc1ccc(S(=O)(=O)Cc2ccc3c(c2)CC(C)N(C)C3)cc1OC. The van der Waals surface area contributed by atoms with Gasteiger partial charge in [-0.05, 0) is 61.7 Å². The van der Waals surface area contributed by atoms with Crippen molar-refractivity contribution in [2.24, 2.45) is 0 Å². The molecular formula is C28H35N3O4S. The Balaban J connectivity index is 1.75. The number of carbonyl (C=O) groups is 1. The van der Waals surface area contributed by atoms with Gasteiger partial charge in [-0.25, -0.2) is 13.2 Å². The van der Waals surface area contributed by atoms with Gasteiger partial charge >= 0.3 is 6.03 Å². The third kappa shape index (κ3) is 6.44. The molecule has 1 aliphatic rings. The van der Waals surface area contributed by atoms with Crippen molar-refractivity contribution in [3.05, 3.63) is 90.0 Å². The quantitative estimate of drug-likeness (QED) is 0.472. The molecule has 2 N–H and O–H groups in total. The number of rotatable bonds is 9. The lowest BCUT2D eigenvalue weighted by molar-refractivity contribution is 0.231. The van der Waals surface area contributed by atoms with Crippen LogP contribution in [0.15, 0.2) is 78.3 Å². The van der Waals surface area contributed by atoms with Crippen LogP contribution in [0, 0.1) is 0 Å². The molecule has 0 fully saturated rings. The van der Waals surface area contributed by atoms with Crippen molar-refractivity contribution in [3.63, 3.8) is 0 Å². The lowest BCUT2D eigenvalue weighted by Gasteiger charge is -2.31. The Kier molecular flexibility index (Phi) is 8.76. The largest absolute Gasteiger partial charge is 0.495 e. The van der Waals surface area contributed by atoms with Crippen LogP contribution in [0.3, 0.4) is 0 Å². The van der Waals surface area contributed by atoms with E-state index in [9.17, 15) is 13.2 Å². The first-order chi connectivity index (χ1) is 17.1. The molecule has 0 spiro atoms. The van der Waals surface area contributed by atoms with Crippen LogP contribution in [0.2, 0.25) is 0 Å². The Labute approximate surface area is 214 Å². The Morgan fingerprint density at radius 3 is 2.64 bits per heavy atom. The van der Waals surface area contributed by atoms with Gasteiger partial charge < -0.3 is 15.4 Å². The van der Waals surface area contributed by atoms with Gasteiger partial charge in [0, 0.05) is 18.7 Å². The summed E-state index contributed by atoms with van der Waals surface area (Å²) in [7, 11) is -0.0985. The van der Waals surface area contributed by atoms with Crippen LogP contribution >= 0.6 is 0 Å². The molecule has 8 heteroatoms. The normalized spacial score (nSPS) is 17.0. The fourth-order valence-electron chi connectivity index (χ4n) is 4.25. The first kappa shape index (κ1) is 27.2. The number of allylic oxidation sites excluding steroid dienone is 2. The molecule has 0 aliphatic carbocycles. The number of ether oxygens (including phenoxy) is 1. The van der Waals surface area contributed by atoms with Crippen molar-refractivity contribution in [1.82, 2.24) is 10.2 Å². The third-order valence-corrected chi connectivity index (χ3v) is 8.17. The van der Waals surface area contributed by atoms with E-state index in [0.29, 0.717) is 11.7 Å². The molecule has 7 nitrogen and oxygen atoms in total. The van der Waals surface area contributed by atoms with Gasteiger partial charge in [0.2, 0.25) is 0 Å². The molecule has 1 aliphatic heterocycles. The van der Waals surface area contributed by atoms with E-state index >= 15 is 0 Å². The van der Waals surface area contributed by atoms with Crippen molar-refractivity contribution in [2.45, 2.75) is 49.5 Å². The summed E-state index contributed by atoms with van der Waals surface area (Å²) in [5.41, 5.74) is 4.36. The predicted molar refractivity (Wildman–Crippen MR) is 145 cm³/mol. The van der Waals surface area contributed by atoms with Crippen LogP contribution in [-0.2, 0) is 28.6 Å². The van der Waals surface area contributed by atoms with E-state index < -0.39 is 15.9 Å². The monoisotopic (exact) mass is 509 g/mol. The first-order valence-corrected chi connectivity index (χ1v) is 13.5. The van der Waals surface area contributed by atoms with Crippen LogP contribution in [0.1, 0.15) is 30.5 Å². The predicted octanol–water partition coefficient (Wildman–Crippen LogP) is 4.85. The number of urea groups is 1. The number of methoxy groups -OCH3 is 1. The van der Waals surface area contributed by atoms with Crippen LogP contribution in [0.4, 0.5) is 10.5 Å². The highest BCUT2D eigenvalue weighted by atomic mass is 32.2. The van der Waals surface area contributed by atoms with E-state index in [-0.39, 0.29) is 22.4 Å². The number of fused-ring (bicyclic) bond motifs is 1. The van der Waals surface area contributed by atoms with Crippen molar-refractivity contribution in [1.29, 1.82) is 0 Å². The molecule has 192 valence electrons. The zero-order chi connectivity index (χ0) is 26.5. The highest BCUT2D eigenvalue weighted by molar-refractivity contribution is 7.90. The molecule has 2 amide bonds. The minimum Gasteiger partial charge on any atom is -0.495 e. The number of benzene rings is 2. The summed E-state index contributed by atoms with van der Waals surface area (Å²) >= 11 is 0. The minimum atomic E-state index is -3.63. The summed E-state index contributed by atoms with van der Waals surface area (Å²) in [4.78, 5) is 14.9. The van der Waals surface area contributed by atoms with Crippen LogP contribution in [0.5, 0.6) is 5.75 Å². The lowest BCUT2D eigenvalue weighted by Crippen LogP contribution is -2.37. The molecule has 2 aromatic carbocycles. The second kappa shape index (κ2) is 11.6. The number of hydrogen-bond acceptors (Lipinski definition) is 5. The second-order valence-electron chi connectivity index (χ2n) is 9.12. The maximum Gasteiger partial charge on any atom is 0.319 e. The minimum absolute atomic E-state index is 0.113. The first-order valence-electron chi connectivity index (χ1n) is 11.8. The summed E-state index contributed by atoms with van der Waals surface area (Å²) in [5, 5.41) is 5.53. The summed E-state index contributed by atoms with van der Waals surface area (Å²) in [6, 6.07) is 10.0. The molecule has 3 rings (SSSR count). The molecule has 0 saturated carbocycles. The Morgan fingerprint density at radius 1 is 1.22 bits per heavy atom. The van der Waals surface area contributed by atoms with E-state index in [1.54, 1.807) is 18.2 Å². The van der Waals surface area contributed by atoms with Crippen LogP contribution < -0.4 is 15.4 Å². The zero-order valence-electron chi connectivity index (χ0n) is 21.4. The van der Waals surface area contributed by atoms with Crippen LogP contribution in [-0.4, -0.2) is 45.6 Å². The standard InChI is InChI=1S/C28H35N3O4S/c1-7-9-22(8-2)20(4)29-28(32)30-26-13-12-25(16-27(26)35-6)36(33,34)18-21-10-11-23-17-31(5)19(3)14-24(23)15-21/h7-13,15-16,19-20H,1-2,14,17-18H2,3-6H3,(H2,29,30,32)/b22-9+. The van der Waals surface area contributed by atoms with E-state index in [1.807, 2.05) is 25.1 Å². The van der Waals surface area contributed by atoms with Gasteiger partial charge in [-0.1, -0.05) is 49.6 Å². The number of likely N-dealkylation sites (N-methyl/N-ethyl adjacent to an activating group) is 1. The van der Waals surface area contributed by atoms with Gasteiger partial charge in [-0.2, -0.15) is 0 Å². The highest BCUT2D eigenvalue weighted by Crippen LogP contribution is 2.30. The number of nitrogens with one attached hydrogen (secondary N) is 2. The number of amides is 2. The molecule has 0 aromatic heterocycles. The van der Waals surface area contributed by atoms with Crippen molar-refractivity contribution in [3.8, 4) is 5.75 Å². The third-order valence-electron chi connectivity index (χ3n) is 6.49. The van der Waals surface area contributed by atoms with Crippen molar-refractivity contribution < 1.29 is 17.9 Å². The van der Waals surface area contributed by atoms with E-state index in [4.69, 9.17) is 4.74 Å². The van der Waals surface area contributed by atoms with E-state index in [2.05, 4.69) is 42.7 Å². The topological polar surface area (TPSA) is 87.7 Å². The lowest BCUT2D eigenvalue weighted by atomic mass is 9.94. The molecule has 0 radical (unpaired) electrons. The second-order valence-corrected chi connectivity index (χ2v) is 11.1. The number of sulfone groups is 1. The number of carbonyl (C=O) groups excluding carboxylic acids is 1. The smallest absolute Gasteiger partial charge is 0.319 e. The molecule has 0 bridgehead atoms. The Morgan fingerprint density at radius 2 is 1.97 bits per heavy atom. The van der Waals surface area contributed by atoms with Gasteiger partial charge in [-0.3, -0.25) is 4.90 Å². The molecular weight excluding hydrogens is 474 g/mol. The fraction of sp³-hybridized carbons (Fsp3) is 0.321. The highest BCUT2D eigenvalue weighted by Gasteiger charge is 2.23. The van der Waals surface area contributed by atoms with Gasteiger partial charge in [0.05, 0.1) is 29.5 Å². The fourth-order valence-corrected chi connectivity index (χ4v) is 5.59. The van der Waals surface area contributed by atoms with Crippen molar-refractivity contribution in [2.75, 3.05) is 19.5 Å². The van der Waals surface area contributed by atoms with Crippen molar-refractivity contribution >= 4 is 21.6 Å². The Bertz CT molecular complexity index is 1280. The molecule has 1 heterocycles. The van der Waals surface area contributed by atoms with E-state index in [0.717, 1.165) is 24.1 Å². The molecule has 36 heavy (non-hydrogen) atoms. The number of anilines is 1.